The van der Waals surface area contributed by atoms with Crippen molar-refractivity contribution < 1.29 is 9.59 Å². The summed E-state index contributed by atoms with van der Waals surface area (Å²) in [6, 6.07) is 22.0. The Morgan fingerprint density at radius 1 is 0.852 bits per heavy atom. The topological polar surface area (TPSA) is 70.2 Å². The second-order valence-electron chi connectivity index (χ2n) is 5.94. The molecule has 0 aliphatic rings. The molecule has 1 aromatic heterocycles. The van der Waals surface area contributed by atoms with Crippen molar-refractivity contribution in [2.24, 2.45) is 0 Å². The molecule has 3 rings (SSSR count). The quantitative estimate of drug-likeness (QED) is 0.613. The third-order valence-corrected chi connectivity index (χ3v) is 5.09. The minimum Gasteiger partial charge on any atom is -0.341 e. The molecule has 138 valence electrons. The first-order valence-electron chi connectivity index (χ1n) is 8.61. The fourth-order valence-electron chi connectivity index (χ4n) is 2.83. The fraction of sp³-hybridized carbons (Fsp3) is 0.143. The number of amides is 3. The molecule has 0 radical (unpaired) electrons. The summed E-state index contributed by atoms with van der Waals surface area (Å²) in [5.74, 6) is -0.405. The average Bonchev–Trinajstić information content (AvgIpc) is 3.24. The molecule has 5 nitrogen and oxygen atoms in total. The van der Waals surface area contributed by atoms with Crippen molar-refractivity contribution in [3.05, 3.63) is 94.2 Å². The number of hydrogen-bond donors (Lipinski definition) is 3. The van der Waals surface area contributed by atoms with E-state index in [-0.39, 0.29) is 6.04 Å². The molecule has 0 bridgehead atoms. The summed E-state index contributed by atoms with van der Waals surface area (Å²) in [4.78, 5) is 25.6. The first-order chi connectivity index (χ1) is 13.2. The van der Waals surface area contributed by atoms with Crippen LogP contribution in [0, 0.1) is 0 Å². The summed E-state index contributed by atoms with van der Waals surface area (Å²) in [6.45, 7) is 0. The van der Waals surface area contributed by atoms with Crippen LogP contribution in [0.15, 0.2) is 78.2 Å². The number of carbonyl (C=O) groups is 2. The number of imide groups is 1. The molecular formula is C21H21N3O2S. The van der Waals surface area contributed by atoms with Gasteiger partial charge >= 0.3 is 6.03 Å². The van der Waals surface area contributed by atoms with Gasteiger partial charge in [-0.05, 0) is 22.6 Å². The number of carbonyl (C=O) groups excluding carboxylic acids is 2. The normalized spacial score (nSPS) is 12.8. The molecule has 0 unspecified atom stereocenters. The van der Waals surface area contributed by atoms with E-state index in [0.29, 0.717) is 0 Å². The second-order valence-corrected chi connectivity index (χ2v) is 6.92. The Hall–Kier alpha value is -2.96. The van der Waals surface area contributed by atoms with Crippen LogP contribution in [0.1, 0.15) is 28.1 Å². The Kier molecular flexibility index (Phi) is 6.35. The molecule has 3 N–H and O–H groups in total. The van der Waals surface area contributed by atoms with Crippen molar-refractivity contribution in [2.45, 2.75) is 12.1 Å². The maximum absolute atomic E-state index is 12.8. The lowest BCUT2D eigenvalue weighted by Gasteiger charge is -2.25. The number of hydrogen-bond acceptors (Lipinski definition) is 4. The zero-order chi connectivity index (χ0) is 19.1. The first kappa shape index (κ1) is 18.8. The highest BCUT2D eigenvalue weighted by Crippen LogP contribution is 2.29. The van der Waals surface area contributed by atoms with E-state index in [1.54, 1.807) is 11.3 Å². The van der Waals surface area contributed by atoms with Gasteiger partial charge in [0.2, 0.25) is 5.91 Å². The van der Waals surface area contributed by atoms with Gasteiger partial charge in [0, 0.05) is 11.9 Å². The molecule has 2 atom stereocenters. The molecular weight excluding hydrogens is 358 g/mol. The van der Waals surface area contributed by atoms with E-state index < -0.39 is 18.0 Å². The van der Waals surface area contributed by atoms with Gasteiger partial charge in [-0.25, -0.2) is 4.79 Å². The maximum atomic E-state index is 12.8. The molecule has 0 aliphatic heterocycles. The summed E-state index contributed by atoms with van der Waals surface area (Å²) >= 11 is 1.62. The van der Waals surface area contributed by atoms with Gasteiger partial charge in [0.05, 0.1) is 6.04 Å². The largest absolute Gasteiger partial charge is 0.341 e. The minimum absolute atomic E-state index is 0.174. The van der Waals surface area contributed by atoms with Crippen LogP contribution < -0.4 is 16.0 Å². The highest BCUT2D eigenvalue weighted by Gasteiger charge is 2.27. The van der Waals surface area contributed by atoms with Crippen LogP contribution in [-0.2, 0) is 4.79 Å². The lowest BCUT2D eigenvalue weighted by Crippen LogP contribution is -2.45. The van der Waals surface area contributed by atoms with Crippen LogP contribution >= 0.6 is 11.3 Å². The second kappa shape index (κ2) is 9.12. The standard InChI is InChI=1S/C21H21N3O2S/c1-22-21(26)24-20(25)19(16-11-6-3-7-12-16)23-18(17-13-8-14-27-17)15-9-4-2-5-10-15/h2-14,18-19,23H,1H3,(H2,22,24,25,26)/t18-,19-/m0/s1. The van der Waals surface area contributed by atoms with Gasteiger partial charge in [0.1, 0.15) is 6.04 Å². The molecule has 27 heavy (non-hydrogen) atoms. The Morgan fingerprint density at radius 3 is 2.04 bits per heavy atom. The van der Waals surface area contributed by atoms with Crippen LogP contribution in [0.3, 0.4) is 0 Å². The summed E-state index contributed by atoms with van der Waals surface area (Å²) in [5.41, 5.74) is 1.84. The van der Waals surface area contributed by atoms with Crippen LogP contribution in [0.4, 0.5) is 4.79 Å². The molecule has 3 aromatic rings. The van der Waals surface area contributed by atoms with E-state index in [9.17, 15) is 9.59 Å². The number of nitrogens with one attached hydrogen (secondary N) is 3. The Labute approximate surface area is 162 Å². The molecule has 2 aromatic carbocycles. The zero-order valence-electron chi connectivity index (χ0n) is 14.9. The third-order valence-electron chi connectivity index (χ3n) is 4.15. The predicted molar refractivity (Wildman–Crippen MR) is 108 cm³/mol. The molecule has 0 aliphatic carbocycles. The van der Waals surface area contributed by atoms with Gasteiger partial charge in [0.25, 0.3) is 0 Å². The molecule has 0 saturated carbocycles. The Bertz CT molecular complexity index is 867. The van der Waals surface area contributed by atoms with E-state index in [2.05, 4.69) is 16.0 Å². The van der Waals surface area contributed by atoms with Crippen LogP contribution in [0.5, 0.6) is 0 Å². The van der Waals surface area contributed by atoms with E-state index in [1.165, 1.54) is 7.05 Å². The lowest BCUT2D eigenvalue weighted by atomic mass is 10.0. The molecule has 6 heteroatoms. The fourth-order valence-corrected chi connectivity index (χ4v) is 3.64. The van der Waals surface area contributed by atoms with Gasteiger partial charge in [-0.2, -0.15) is 0 Å². The molecule has 1 heterocycles. The van der Waals surface area contributed by atoms with E-state index >= 15 is 0 Å². The number of thiophene rings is 1. The third kappa shape index (κ3) is 4.81. The minimum atomic E-state index is -0.684. The smallest absolute Gasteiger partial charge is 0.321 e. The van der Waals surface area contributed by atoms with Gasteiger partial charge < -0.3 is 5.32 Å². The maximum Gasteiger partial charge on any atom is 0.321 e. The van der Waals surface area contributed by atoms with Crippen molar-refractivity contribution in [1.29, 1.82) is 0 Å². The molecule has 3 amide bonds. The van der Waals surface area contributed by atoms with Crippen molar-refractivity contribution in [1.82, 2.24) is 16.0 Å². The number of benzene rings is 2. The summed E-state index contributed by atoms with van der Waals surface area (Å²) < 4.78 is 0. The lowest BCUT2D eigenvalue weighted by molar-refractivity contribution is -0.122. The van der Waals surface area contributed by atoms with E-state index in [0.717, 1.165) is 16.0 Å². The van der Waals surface area contributed by atoms with Gasteiger partial charge in [0.15, 0.2) is 0 Å². The molecule has 0 spiro atoms. The Balaban J connectivity index is 1.95. The predicted octanol–water partition coefficient (Wildman–Crippen LogP) is 3.62. The number of rotatable bonds is 6. The molecule has 0 saturated heterocycles. The van der Waals surface area contributed by atoms with Crippen molar-refractivity contribution in [2.75, 3.05) is 7.05 Å². The summed E-state index contributed by atoms with van der Waals surface area (Å²) in [7, 11) is 1.48. The van der Waals surface area contributed by atoms with Gasteiger partial charge in [-0.15, -0.1) is 11.3 Å². The number of urea groups is 1. The summed E-state index contributed by atoms with van der Waals surface area (Å²) in [5, 5.41) is 10.2. The molecule has 0 fully saturated rings. The van der Waals surface area contributed by atoms with Crippen molar-refractivity contribution in [3.8, 4) is 0 Å². The zero-order valence-corrected chi connectivity index (χ0v) is 15.7. The average molecular weight is 379 g/mol. The first-order valence-corrected chi connectivity index (χ1v) is 9.49. The SMILES string of the molecule is CNC(=O)NC(=O)[C@@H](N[C@@H](c1ccccc1)c1cccs1)c1ccccc1. The Morgan fingerprint density at radius 2 is 1.48 bits per heavy atom. The van der Waals surface area contributed by atoms with Crippen LogP contribution in [-0.4, -0.2) is 19.0 Å². The monoisotopic (exact) mass is 379 g/mol. The van der Waals surface area contributed by atoms with Crippen LogP contribution in [0.25, 0.3) is 0 Å². The summed E-state index contributed by atoms with van der Waals surface area (Å²) in [6.07, 6.45) is 0. The highest BCUT2D eigenvalue weighted by atomic mass is 32.1. The highest BCUT2D eigenvalue weighted by molar-refractivity contribution is 7.10. The van der Waals surface area contributed by atoms with Crippen molar-refractivity contribution in [3.63, 3.8) is 0 Å². The van der Waals surface area contributed by atoms with E-state index in [1.807, 2.05) is 78.2 Å². The van der Waals surface area contributed by atoms with Crippen molar-refractivity contribution >= 4 is 23.3 Å². The van der Waals surface area contributed by atoms with E-state index in [4.69, 9.17) is 0 Å². The van der Waals surface area contributed by atoms with Crippen LogP contribution in [0.2, 0.25) is 0 Å². The van der Waals surface area contributed by atoms with Gasteiger partial charge in [-0.1, -0.05) is 66.7 Å². The van der Waals surface area contributed by atoms with Gasteiger partial charge in [-0.3, -0.25) is 15.4 Å².